The minimum Gasteiger partial charge on any atom is -0.315 e. The van der Waals surface area contributed by atoms with Gasteiger partial charge in [0.15, 0.2) is 0 Å². The average Bonchev–Trinajstić information content (AvgIpc) is 3.39. The summed E-state index contributed by atoms with van der Waals surface area (Å²) in [5.41, 5.74) is 5.49. The van der Waals surface area contributed by atoms with E-state index in [2.05, 4.69) is 23.6 Å². The highest BCUT2D eigenvalue weighted by molar-refractivity contribution is 6.03. The predicted octanol–water partition coefficient (Wildman–Crippen LogP) is 7.58. The van der Waals surface area contributed by atoms with Crippen LogP contribution in [0.2, 0.25) is 0 Å². The second-order valence-corrected chi connectivity index (χ2v) is 10.3. The molecule has 0 radical (unpaired) electrons. The Labute approximate surface area is 240 Å². The first-order valence-electron chi connectivity index (χ1n) is 14.0. The molecule has 0 fully saturated rings. The number of hydrogen-bond donors (Lipinski definition) is 2. The minimum absolute atomic E-state index is 0.0880. The van der Waals surface area contributed by atoms with Gasteiger partial charge in [-0.15, -0.1) is 0 Å². The van der Waals surface area contributed by atoms with Crippen molar-refractivity contribution in [2.45, 2.75) is 33.6 Å². The van der Waals surface area contributed by atoms with Crippen LogP contribution in [0.4, 0.5) is 16.3 Å². The summed E-state index contributed by atoms with van der Waals surface area (Å²) in [6, 6.07) is 31.3. The van der Waals surface area contributed by atoms with Crippen LogP contribution in [0.5, 0.6) is 0 Å². The van der Waals surface area contributed by atoms with Crippen LogP contribution < -0.4 is 10.6 Å². The molecular weight excluding hydrogens is 510 g/mol. The average molecular weight is 546 g/mol. The van der Waals surface area contributed by atoms with Crippen molar-refractivity contribution in [3.63, 3.8) is 0 Å². The Bertz CT molecular complexity index is 1670. The number of amides is 3. The van der Waals surface area contributed by atoms with Crippen LogP contribution >= 0.6 is 0 Å². The van der Waals surface area contributed by atoms with Crippen LogP contribution in [0.25, 0.3) is 27.7 Å². The van der Waals surface area contributed by atoms with Crippen LogP contribution in [0.1, 0.15) is 30.9 Å². The summed E-state index contributed by atoms with van der Waals surface area (Å²) < 4.78 is 1.77. The SMILES string of the molecule is CCCCN(CC(=O)Nc1cc(-c2ccccc2)nn1-c1ccc(C)cc1C)C(=O)Nc1cccc2ccccc12. The Morgan fingerprint density at radius 1 is 0.854 bits per heavy atom. The molecule has 7 nitrogen and oxygen atoms in total. The Kier molecular flexibility index (Phi) is 8.44. The van der Waals surface area contributed by atoms with Crippen molar-refractivity contribution < 1.29 is 9.59 Å². The molecule has 0 saturated carbocycles. The largest absolute Gasteiger partial charge is 0.322 e. The van der Waals surface area contributed by atoms with E-state index in [-0.39, 0.29) is 18.5 Å². The number of benzene rings is 4. The normalized spacial score (nSPS) is 10.9. The van der Waals surface area contributed by atoms with Gasteiger partial charge in [0, 0.05) is 23.6 Å². The lowest BCUT2D eigenvalue weighted by Gasteiger charge is -2.23. The van der Waals surface area contributed by atoms with Gasteiger partial charge < -0.3 is 15.5 Å². The molecule has 5 aromatic rings. The van der Waals surface area contributed by atoms with Gasteiger partial charge in [0.2, 0.25) is 5.91 Å². The fourth-order valence-corrected chi connectivity index (χ4v) is 4.93. The van der Waals surface area contributed by atoms with Gasteiger partial charge >= 0.3 is 6.03 Å². The summed E-state index contributed by atoms with van der Waals surface area (Å²) in [5.74, 6) is 0.255. The quantitative estimate of drug-likeness (QED) is 0.200. The van der Waals surface area contributed by atoms with Crippen LogP contribution in [0.3, 0.4) is 0 Å². The van der Waals surface area contributed by atoms with E-state index in [9.17, 15) is 9.59 Å². The van der Waals surface area contributed by atoms with Gasteiger partial charge in [-0.05, 0) is 43.4 Å². The molecule has 3 amide bonds. The number of aromatic nitrogens is 2. The van der Waals surface area contributed by atoms with E-state index < -0.39 is 0 Å². The molecule has 4 aromatic carbocycles. The van der Waals surface area contributed by atoms with Gasteiger partial charge in [-0.3, -0.25) is 4.79 Å². The maximum Gasteiger partial charge on any atom is 0.322 e. The maximum atomic E-state index is 13.4. The van der Waals surface area contributed by atoms with Crippen molar-refractivity contribution in [1.29, 1.82) is 0 Å². The summed E-state index contributed by atoms with van der Waals surface area (Å²) in [6.07, 6.45) is 1.69. The molecule has 1 heterocycles. The van der Waals surface area contributed by atoms with Gasteiger partial charge in [0.05, 0.1) is 17.1 Å². The molecule has 2 N–H and O–H groups in total. The Balaban J connectivity index is 1.40. The topological polar surface area (TPSA) is 79.3 Å². The number of unbranched alkanes of at least 4 members (excludes halogenated alkanes) is 1. The van der Waals surface area contributed by atoms with Gasteiger partial charge in [0.25, 0.3) is 0 Å². The second-order valence-electron chi connectivity index (χ2n) is 10.3. The summed E-state index contributed by atoms with van der Waals surface area (Å²) in [5, 5.41) is 12.9. The van der Waals surface area contributed by atoms with Gasteiger partial charge in [0.1, 0.15) is 12.4 Å². The molecule has 41 heavy (non-hydrogen) atoms. The molecule has 7 heteroatoms. The lowest BCUT2D eigenvalue weighted by atomic mass is 10.1. The van der Waals surface area contributed by atoms with Crippen molar-refractivity contribution >= 4 is 34.2 Å². The third-order valence-electron chi connectivity index (χ3n) is 7.06. The number of nitrogens with zero attached hydrogens (tertiary/aromatic N) is 3. The number of nitrogens with one attached hydrogen (secondary N) is 2. The van der Waals surface area contributed by atoms with Crippen molar-refractivity contribution in [1.82, 2.24) is 14.7 Å². The van der Waals surface area contributed by atoms with Crippen LogP contribution in [0.15, 0.2) is 97.1 Å². The summed E-state index contributed by atoms with van der Waals surface area (Å²) in [7, 11) is 0. The molecule has 0 saturated heterocycles. The molecule has 0 aliphatic carbocycles. The first-order chi connectivity index (χ1) is 19.9. The number of rotatable bonds is 9. The fourth-order valence-electron chi connectivity index (χ4n) is 4.93. The fraction of sp³-hybridized carbons (Fsp3) is 0.206. The number of hydrogen-bond acceptors (Lipinski definition) is 3. The molecule has 0 unspecified atom stereocenters. The standard InChI is InChI=1S/C34H35N5O2/c1-4-5-20-38(34(41)35-29-17-11-15-26-12-9-10-16-28(26)29)23-33(40)36-32-22-30(27-13-7-6-8-14-27)37-39(32)31-19-18-24(2)21-25(31)3/h6-19,21-22H,4-5,20,23H2,1-3H3,(H,35,41)(H,36,40). The summed E-state index contributed by atoms with van der Waals surface area (Å²) >= 11 is 0. The number of urea groups is 1. The van der Waals surface area contributed by atoms with Crippen molar-refractivity contribution in [3.8, 4) is 16.9 Å². The first kappa shape index (κ1) is 27.6. The summed E-state index contributed by atoms with van der Waals surface area (Å²) in [4.78, 5) is 28.4. The Hall–Kier alpha value is -4.91. The van der Waals surface area contributed by atoms with E-state index in [0.717, 1.165) is 57.4 Å². The van der Waals surface area contributed by atoms with E-state index in [1.807, 2.05) is 105 Å². The van der Waals surface area contributed by atoms with Crippen molar-refractivity contribution in [3.05, 3.63) is 108 Å². The third-order valence-corrected chi connectivity index (χ3v) is 7.06. The molecule has 0 spiro atoms. The zero-order valence-corrected chi connectivity index (χ0v) is 23.7. The summed E-state index contributed by atoms with van der Waals surface area (Å²) in [6.45, 7) is 6.52. The van der Waals surface area contributed by atoms with E-state index in [1.165, 1.54) is 0 Å². The monoisotopic (exact) mass is 545 g/mol. The zero-order valence-electron chi connectivity index (χ0n) is 23.7. The molecule has 0 atom stereocenters. The van der Waals surface area contributed by atoms with Gasteiger partial charge in [-0.2, -0.15) is 5.10 Å². The van der Waals surface area contributed by atoms with Crippen LogP contribution in [0, 0.1) is 13.8 Å². The molecule has 0 bridgehead atoms. The van der Waals surface area contributed by atoms with Gasteiger partial charge in [-0.25, -0.2) is 9.48 Å². The number of carbonyl (C=O) groups excluding carboxylic acids is 2. The third kappa shape index (κ3) is 6.47. The molecule has 0 aliphatic heterocycles. The Morgan fingerprint density at radius 3 is 2.39 bits per heavy atom. The van der Waals surface area contributed by atoms with Crippen molar-refractivity contribution in [2.24, 2.45) is 0 Å². The highest BCUT2D eigenvalue weighted by Crippen LogP contribution is 2.27. The second kappa shape index (κ2) is 12.5. The van der Waals surface area contributed by atoms with Crippen LogP contribution in [-0.4, -0.2) is 39.7 Å². The molecule has 1 aromatic heterocycles. The number of fused-ring (bicyclic) bond motifs is 1. The highest BCUT2D eigenvalue weighted by Gasteiger charge is 2.20. The lowest BCUT2D eigenvalue weighted by Crippen LogP contribution is -2.41. The van der Waals surface area contributed by atoms with Crippen LogP contribution in [-0.2, 0) is 4.79 Å². The molecule has 5 rings (SSSR count). The first-order valence-corrected chi connectivity index (χ1v) is 14.0. The molecule has 208 valence electrons. The number of aryl methyl sites for hydroxylation is 2. The highest BCUT2D eigenvalue weighted by atomic mass is 16.2. The van der Waals surface area contributed by atoms with E-state index >= 15 is 0 Å². The minimum atomic E-state index is -0.308. The lowest BCUT2D eigenvalue weighted by molar-refractivity contribution is -0.116. The number of carbonyl (C=O) groups is 2. The predicted molar refractivity (Wildman–Crippen MR) is 167 cm³/mol. The van der Waals surface area contributed by atoms with E-state index in [0.29, 0.717) is 12.4 Å². The van der Waals surface area contributed by atoms with E-state index in [4.69, 9.17) is 5.10 Å². The smallest absolute Gasteiger partial charge is 0.315 e. The zero-order chi connectivity index (χ0) is 28.8. The number of anilines is 2. The molecular formula is C34H35N5O2. The van der Waals surface area contributed by atoms with E-state index in [1.54, 1.807) is 9.58 Å². The molecule has 0 aliphatic rings. The van der Waals surface area contributed by atoms with Gasteiger partial charge in [-0.1, -0.05) is 97.8 Å². The maximum absolute atomic E-state index is 13.4. The van der Waals surface area contributed by atoms with Crippen molar-refractivity contribution in [2.75, 3.05) is 23.7 Å². The Morgan fingerprint density at radius 2 is 1.61 bits per heavy atom.